The second-order valence-corrected chi connectivity index (χ2v) is 3.64. The number of hydrogen-bond acceptors (Lipinski definition) is 8. The summed E-state index contributed by atoms with van der Waals surface area (Å²) in [6.07, 6.45) is 0. The van der Waals surface area contributed by atoms with E-state index < -0.39 is 44.7 Å². The van der Waals surface area contributed by atoms with E-state index in [4.69, 9.17) is 0 Å². The van der Waals surface area contributed by atoms with E-state index in [0.717, 1.165) is 0 Å². The highest BCUT2D eigenvalue weighted by molar-refractivity contribution is 5.80. The van der Waals surface area contributed by atoms with E-state index in [1.165, 1.54) is 6.92 Å². The summed E-state index contributed by atoms with van der Waals surface area (Å²) in [7, 11) is 0. The molecule has 20 heavy (non-hydrogen) atoms. The lowest BCUT2D eigenvalue weighted by molar-refractivity contribution is -0.395. The third-order valence-corrected chi connectivity index (χ3v) is 2.30. The Kier molecular flexibility index (Phi) is 4.48. The molecular formula is C9H9FN4O6. The largest absolute Gasteiger partial charge is 0.372 e. The van der Waals surface area contributed by atoms with Crippen molar-refractivity contribution in [3.63, 3.8) is 0 Å². The molecule has 3 N–H and O–H groups in total. The number of hydrogen-bond donors (Lipinski definition) is 2. The molecule has 0 saturated heterocycles. The maximum atomic E-state index is 13.4. The van der Waals surface area contributed by atoms with Crippen LogP contribution >= 0.6 is 0 Å². The van der Waals surface area contributed by atoms with E-state index in [9.17, 15) is 29.4 Å². The van der Waals surface area contributed by atoms with Gasteiger partial charge in [0, 0.05) is 6.07 Å². The van der Waals surface area contributed by atoms with E-state index in [2.05, 4.69) is 16.1 Å². The molecule has 0 unspecified atom stereocenters. The van der Waals surface area contributed by atoms with Gasteiger partial charge in [-0.2, -0.15) is 10.3 Å². The molecule has 0 spiro atoms. The highest BCUT2D eigenvalue weighted by Gasteiger charge is 2.26. The molecule has 108 valence electrons. The van der Waals surface area contributed by atoms with Crippen molar-refractivity contribution in [1.29, 1.82) is 0 Å². The fourth-order valence-corrected chi connectivity index (χ4v) is 1.35. The van der Waals surface area contributed by atoms with Gasteiger partial charge in [0.25, 0.3) is 5.69 Å². The molecule has 11 heteroatoms. The van der Waals surface area contributed by atoms with Crippen LogP contribution in [0.15, 0.2) is 12.1 Å². The quantitative estimate of drug-likeness (QED) is 0.597. The molecule has 0 bridgehead atoms. The summed E-state index contributed by atoms with van der Waals surface area (Å²) in [4.78, 5) is 34.3. The van der Waals surface area contributed by atoms with E-state index in [0.29, 0.717) is 12.1 Å². The number of anilines is 1. The van der Waals surface area contributed by atoms with Crippen molar-refractivity contribution in [1.82, 2.24) is 0 Å². The van der Waals surface area contributed by atoms with Gasteiger partial charge >= 0.3 is 11.7 Å². The second kappa shape index (κ2) is 5.88. The number of benzene rings is 1. The van der Waals surface area contributed by atoms with Gasteiger partial charge < -0.3 is 10.2 Å². The predicted octanol–water partition coefficient (Wildman–Crippen LogP) is 0.859. The number of nitro benzene ring substituents is 2. The molecule has 0 aliphatic carbocycles. The fourth-order valence-electron chi connectivity index (χ4n) is 1.35. The summed E-state index contributed by atoms with van der Waals surface area (Å²) in [6, 6.07) is -0.103. The van der Waals surface area contributed by atoms with Crippen molar-refractivity contribution in [3.05, 3.63) is 38.2 Å². The number of nitrogens with two attached hydrogens (primary N) is 1. The average Bonchev–Trinajstić information content (AvgIpc) is 2.36. The summed E-state index contributed by atoms with van der Waals surface area (Å²) < 4.78 is 13.4. The maximum Gasteiger partial charge on any atom is 0.346 e. The third-order valence-electron chi connectivity index (χ3n) is 2.30. The van der Waals surface area contributed by atoms with Crippen LogP contribution in [-0.2, 0) is 9.63 Å². The normalized spacial score (nSPS) is 11.6. The first kappa shape index (κ1) is 15.2. The number of nitro groups is 2. The first-order chi connectivity index (χ1) is 9.27. The summed E-state index contributed by atoms with van der Waals surface area (Å²) in [6.45, 7) is 1.26. The lowest BCUT2D eigenvalue weighted by Gasteiger charge is -2.12. The lowest BCUT2D eigenvalue weighted by Crippen LogP contribution is -2.30. The van der Waals surface area contributed by atoms with Crippen molar-refractivity contribution >= 4 is 23.0 Å². The molecule has 0 radical (unpaired) electrons. The minimum atomic E-state index is -1.28. The Bertz CT molecular complexity index is 578. The molecule has 0 amide bonds. The molecule has 1 aromatic carbocycles. The van der Waals surface area contributed by atoms with Crippen LogP contribution in [0.4, 0.5) is 21.5 Å². The highest BCUT2D eigenvalue weighted by Crippen LogP contribution is 2.32. The van der Waals surface area contributed by atoms with Crippen molar-refractivity contribution in [2.75, 3.05) is 5.32 Å². The van der Waals surface area contributed by atoms with Gasteiger partial charge in [-0.15, -0.1) is 0 Å². The Balaban J connectivity index is 3.25. The van der Waals surface area contributed by atoms with Crippen LogP contribution in [0.1, 0.15) is 6.92 Å². The molecule has 1 atom stereocenters. The molecule has 0 fully saturated rings. The number of nitrogens with one attached hydrogen (secondary N) is 1. The fraction of sp³-hybridized carbons (Fsp3) is 0.222. The van der Waals surface area contributed by atoms with Crippen LogP contribution in [0.2, 0.25) is 0 Å². The summed E-state index contributed by atoms with van der Waals surface area (Å²) in [5.41, 5.74) is -2.21. The molecule has 0 aromatic heterocycles. The van der Waals surface area contributed by atoms with Gasteiger partial charge in [0.2, 0.25) is 5.82 Å². The maximum absolute atomic E-state index is 13.4. The lowest BCUT2D eigenvalue weighted by atomic mass is 10.2. The zero-order valence-corrected chi connectivity index (χ0v) is 10.0. The van der Waals surface area contributed by atoms with Crippen LogP contribution in [0.3, 0.4) is 0 Å². The van der Waals surface area contributed by atoms with Gasteiger partial charge in [-0.3, -0.25) is 20.2 Å². The summed E-state index contributed by atoms with van der Waals surface area (Å²) in [5, 5.41) is 23.6. The minimum Gasteiger partial charge on any atom is -0.372 e. The van der Waals surface area contributed by atoms with Crippen molar-refractivity contribution < 1.29 is 23.9 Å². The van der Waals surface area contributed by atoms with Crippen LogP contribution in [-0.4, -0.2) is 21.9 Å². The summed E-state index contributed by atoms with van der Waals surface area (Å²) >= 11 is 0. The van der Waals surface area contributed by atoms with Gasteiger partial charge in [-0.1, -0.05) is 0 Å². The first-order valence-electron chi connectivity index (χ1n) is 5.07. The Morgan fingerprint density at radius 3 is 2.35 bits per heavy atom. The molecule has 0 saturated carbocycles. The van der Waals surface area contributed by atoms with Gasteiger partial charge in [-0.25, -0.2) is 4.79 Å². The van der Waals surface area contributed by atoms with E-state index in [-0.39, 0.29) is 0 Å². The molecule has 0 heterocycles. The summed E-state index contributed by atoms with van der Waals surface area (Å²) in [5.74, 6) is 2.40. The third kappa shape index (κ3) is 3.14. The predicted molar refractivity (Wildman–Crippen MR) is 63.1 cm³/mol. The number of carbonyl (C=O) groups is 1. The van der Waals surface area contributed by atoms with Crippen LogP contribution in [0.5, 0.6) is 0 Å². The standard InChI is InChI=1S/C9H9FN4O6/c1-4(9(15)20-11)12-6-2-5(10)7(13(16)17)3-8(6)14(18)19/h2-4,12H,11H2,1H3/t4-/m0/s1. The molecular weight excluding hydrogens is 279 g/mol. The van der Waals surface area contributed by atoms with Crippen LogP contribution in [0, 0.1) is 26.0 Å². The van der Waals surface area contributed by atoms with Crippen molar-refractivity contribution in [2.45, 2.75) is 13.0 Å². The van der Waals surface area contributed by atoms with E-state index in [1.54, 1.807) is 0 Å². The minimum absolute atomic E-state index is 0.406. The Labute approximate surface area is 110 Å². The zero-order valence-electron chi connectivity index (χ0n) is 10.0. The number of carbonyl (C=O) groups excluding carboxylic acids is 1. The van der Waals surface area contributed by atoms with Gasteiger partial charge in [-0.05, 0) is 6.92 Å². The van der Waals surface area contributed by atoms with Crippen LogP contribution in [0.25, 0.3) is 0 Å². The Hall–Kier alpha value is -2.82. The molecule has 10 nitrogen and oxygen atoms in total. The van der Waals surface area contributed by atoms with Gasteiger partial charge in [0.15, 0.2) is 0 Å². The molecule has 0 aliphatic rings. The Morgan fingerprint density at radius 1 is 1.35 bits per heavy atom. The van der Waals surface area contributed by atoms with Gasteiger partial charge in [0.1, 0.15) is 11.7 Å². The number of rotatable bonds is 5. The zero-order chi connectivity index (χ0) is 15.4. The Morgan fingerprint density at radius 2 is 1.90 bits per heavy atom. The van der Waals surface area contributed by atoms with Gasteiger partial charge in [0.05, 0.1) is 15.9 Å². The number of halogens is 1. The van der Waals surface area contributed by atoms with Crippen LogP contribution < -0.4 is 11.2 Å². The van der Waals surface area contributed by atoms with E-state index in [1.807, 2.05) is 0 Å². The smallest absolute Gasteiger partial charge is 0.346 e. The SMILES string of the molecule is C[C@H](Nc1cc(F)c([N+](=O)[O-])cc1[N+](=O)[O-])C(=O)ON. The highest BCUT2D eigenvalue weighted by atomic mass is 19.1. The first-order valence-corrected chi connectivity index (χ1v) is 5.07. The molecule has 1 rings (SSSR count). The molecule has 0 aliphatic heterocycles. The van der Waals surface area contributed by atoms with Crippen molar-refractivity contribution in [3.8, 4) is 0 Å². The average molecular weight is 288 g/mol. The topological polar surface area (TPSA) is 151 Å². The monoisotopic (exact) mass is 288 g/mol. The van der Waals surface area contributed by atoms with Crippen molar-refractivity contribution in [2.24, 2.45) is 5.90 Å². The number of nitrogens with zero attached hydrogens (tertiary/aromatic N) is 2. The molecule has 1 aromatic rings. The second-order valence-electron chi connectivity index (χ2n) is 3.64. The van der Waals surface area contributed by atoms with E-state index >= 15 is 0 Å².